The van der Waals surface area contributed by atoms with Crippen LogP contribution >= 0.6 is 0 Å². The summed E-state index contributed by atoms with van der Waals surface area (Å²) in [6, 6.07) is 3.55. The highest BCUT2D eigenvalue weighted by Gasteiger charge is 2.15. The van der Waals surface area contributed by atoms with Gasteiger partial charge in [0.05, 0.1) is 6.61 Å². The molecule has 1 aromatic carbocycles. The van der Waals surface area contributed by atoms with Crippen molar-refractivity contribution in [1.82, 2.24) is 0 Å². The quantitative estimate of drug-likeness (QED) is 0.513. The zero-order valence-electron chi connectivity index (χ0n) is 9.01. The third kappa shape index (κ3) is 3.13. The van der Waals surface area contributed by atoms with E-state index in [9.17, 15) is 9.90 Å². The van der Waals surface area contributed by atoms with Crippen LogP contribution in [0.25, 0.3) is 0 Å². The van der Waals surface area contributed by atoms with Gasteiger partial charge in [-0.15, -0.1) is 0 Å². The van der Waals surface area contributed by atoms with Gasteiger partial charge >= 0.3 is 5.97 Å². The number of carbonyl (C=O) groups is 1. The van der Waals surface area contributed by atoms with Crippen LogP contribution in [0.4, 0.5) is 0 Å². The lowest BCUT2D eigenvalue weighted by Crippen LogP contribution is -2.34. The van der Waals surface area contributed by atoms with Gasteiger partial charge in [-0.2, -0.15) is 0 Å². The van der Waals surface area contributed by atoms with Crippen LogP contribution < -0.4 is 5.73 Å². The second-order valence-electron chi connectivity index (χ2n) is 3.39. The lowest BCUT2D eigenvalue weighted by atomic mass is 10.1. The monoisotopic (exact) mass is 225 g/mol. The van der Waals surface area contributed by atoms with Gasteiger partial charge in [0, 0.05) is 0 Å². The van der Waals surface area contributed by atoms with Crippen LogP contribution in [0.1, 0.15) is 12.5 Å². The Balaban J connectivity index is 2.66. The highest BCUT2D eigenvalue weighted by Crippen LogP contribution is 2.25. The van der Waals surface area contributed by atoms with Gasteiger partial charge in [0.1, 0.15) is 6.04 Å². The molecule has 0 aliphatic carbocycles. The number of aromatic hydroxyl groups is 2. The average molecular weight is 225 g/mol. The minimum atomic E-state index is -0.760. The van der Waals surface area contributed by atoms with E-state index in [0.29, 0.717) is 5.56 Å². The molecule has 1 aromatic rings. The molecule has 0 aliphatic rings. The summed E-state index contributed by atoms with van der Waals surface area (Å²) in [6.45, 7) is 1.99. The van der Waals surface area contributed by atoms with Gasteiger partial charge in [0.15, 0.2) is 11.5 Å². The molecule has 16 heavy (non-hydrogen) atoms. The first kappa shape index (κ1) is 12.3. The maximum Gasteiger partial charge on any atom is 0.323 e. The summed E-state index contributed by atoms with van der Waals surface area (Å²) in [5.74, 6) is -0.905. The van der Waals surface area contributed by atoms with Crippen LogP contribution in [0.2, 0.25) is 0 Å². The summed E-state index contributed by atoms with van der Waals surface area (Å²) in [6.07, 6.45) is 0.257. The highest BCUT2D eigenvalue weighted by molar-refractivity contribution is 5.75. The van der Waals surface area contributed by atoms with E-state index < -0.39 is 12.0 Å². The molecule has 0 heterocycles. The van der Waals surface area contributed by atoms with Crippen molar-refractivity contribution < 1.29 is 19.7 Å². The second kappa shape index (κ2) is 5.37. The zero-order chi connectivity index (χ0) is 12.1. The van der Waals surface area contributed by atoms with E-state index in [-0.39, 0.29) is 24.5 Å². The smallest absolute Gasteiger partial charge is 0.323 e. The third-order valence-corrected chi connectivity index (χ3v) is 2.08. The standard InChI is InChI=1S/C11H15NO4/c1-2-16-11(15)8(12)5-7-3-4-9(13)10(14)6-7/h3-4,6,8,13-14H,2,5,12H2,1H3. The number of rotatable bonds is 4. The van der Waals surface area contributed by atoms with Gasteiger partial charge in [-0.25, -0.2) is 0 Å². The lowest BCUT2D eigenvalue weighted by molar-refractivity contribution is -0.144. The Kier molecular flexibility index (Phi) is 4.13. The Labute approximate surface area is 93.5 Å². The molecule has 0 saturated heterocycles. The summed E-state index contributed by atoms with van der Waals surface area (Å²) in [4.78, 5) is 11.2. The molecular weight excluding hydrogens is 210 g/mol. The molecular formula is C11H15NO4. The summed E-state index contributed by atoms with van der Waals surface area (Å²) in [5.41, 5.74) is 6.27. The number of phenolic OH excluding ortho intramolecular Hbond substituents is 2. The van der Waals surface area contributed by atoms with E-state index in [1.165, 1.54) is 12.1 Å². The predicted molar refractivity (Wildman–Crippen MR) is 58.1 cm³/mol. The minimum Gasteiger partial charge on any atom is -0.504 e. The molecule has 1 atom stereocenters. The molecule has 1 unspecified atom stereocenters. The molecule has 0 radical (unpaired) electrons. The number of ether oxygens (including phenoxy) is 1. The molecule has 5 nitrogen and oxygen atoms in total. The molecule has 1 rings (SSSR count). The molecule has 88 valence electrons. The van der Waals surface area contributed by atoms with Crippen molar-refractivity contribution in [2.24, 2.45) is 5.73 Å². The highest BCUT2D eigenvalue weighted by atomic mass is 16.5. The number of hydrogen-bond acceptors (Lipinski definition) is 5. The maximum atomic E-state index is 11.2. The number of benzene rings is 1. The Morgan fingerprint density at radius 1 is 1.44 bits per heavy atom. The van der Waals surface area contributed by atoms with Gasteiger partial charge in [0.2, 0.25) is 0 Å². The van der Waals surface area contributed by atoms with Crippen LogP contribution in [-0.4, -0.2) is 28.8 Å². The minimum absolute atomic E-state index is 0.201. The Morgan fingerprint density at radius 2 is 2.12 bits per heavy atom. The normalized spacial score (nSPS) is 12.1. The number of hydrogen-bond donors (Lipinski definition) is 3. The van der Waals surface area contributed by atoms with E-state index in [4.69, 9.17) is 15.6 Å². The van der Waals surface area contributed by atoms with Crippen molar-refractivity contribution in [3.63, 3.8) is 0 Å². The fourth-order valence-corrected chi connectivity index (χ4v) is 1.28. The summed E-state index contributed by atoms with van der Waals surface area (Å²) in [7, 11) is 0. The number of esters is 1. The third-order valence-electron chi connectivity index (χ3n) is 2.08. The van der Waals surface area contributed by atoms with Gasteiger partial charge in [-0.05, 0) is 31.0 Å². The van der Waals surface area contributed by atoms with Crippen LogP contribution in [0, 0.1) is 0 Å². The largest absolute Gasteiger partial charge is 0.504 e. The first-order chi connectivity index (χ1) is 7.54. The first-order valence-electron chi connectivity index (χ1n) is 4.97. The average Bonchev–Trinajstić information content (AvgIpc) is 2.24. The van der Waals surface area contributed by atoms with Gasteiger partial charge < -0.3 is 20.7 Å². The second-order valence-corrected chi connectivity index (χ2v) is 3.39. The van der Waals surface area contributed by atoms with Crippen LogP contribution in [0.15, 0.2) is 18.2 Å². The van der Waals surface area contributed by atoms with Crippen molar-refractivity contribution in [3.05, 3.63) is 23.8 Å². The molecule has 0 aromatic heterocycles. The Morgan fingerprint density at radius 3 is 2.69 bits per heavy atom. The van der Waals surface area contributed by atoms with Crippen molar-refractivity contribution in [3.8, 4) is 11.5 Å². The van der Waals surface area contributed by atoms with E-state index in [2.05, 4.69) is 0 Å². The molecule has 0 saturated carbocycles. The molecule has 0 spiro atoms. The van der Waals surface area contributed by atoms with E-state index in [0.717, 1.165) is 0 Å². The zero-order valence-corrected chi connectivity index (χ0v) is 9.01. The van der Waals surface area contributed by atoms with Crippen molar-refractivity contribution >= 4 is 5.97 Å². The molecule has 5 heteroatoms. The number of carbonyl (C=O) groups excluding carboxylic acids is 1. The topological polar surface area (TPSA) is 92.8 Å². The van der Waals surface area contributed by atoms with Crippen molar-refractivity contribution in [2.45, 2.75) is 19.4 Å². The Hall–Kier alpha value is -1.75. The Bertz CT molecular complexity index is 378. The molecule has 0 bridgehead atoms. The van der Waals surface area contributed by atoms with Crippen molar-refractivity contribution in [2.75, 3.05) is 6.61 Å². The fourth-order valence-electron chi connectivity index (χ4n) is 1.28. The summed E-state index contributed by atoms with van der Waals surface area (Å²) >= 11 is 0. The molecule has 0 aliphatic heterocycles. The van der Waals surface area contributed by atoms with Crippen LogP contribution in [-0.2, 0) is 16.0 Å². The van der Waals surface area contributed by atoms with E-state index >= 15 is 0 Å². The number of nitrogens with two attached hydrogens (primary N) is 1. The first-order valence-corrected chi connectivity index (χ1v) is 4.97. The number of phenols is 2. The maximum absolute atomic E-state index is 11.2. The predicted octanol–water partition coefficient (Wildman–Crippen LogP) is 0.531. The molecule has 0 amide bonds. The fraction of sp³-hybridized carbons (Fsp3) is 0.364. The van der Waals surface area contributed by atoms with Crippen LogP contribution in [0.3, 0.4) is 0 Å². The van der Waals surface area contributed by atoms with Gasteiger partial charge in [-0.3, -0.25) is 4.79 Å². The summed E-state index contributed by atoms with van der Waals surface area (Å²) in [5, 5.41) is 18.3. The molecule has 0 fully saturated rings. The van der Waals surface area contributed by atoms with Crippen LogP contribution in [0.5, 0.6) is 11.5 Å². The van der Waals surface area contributed by atoms with E-state index in [1.54, 1.807) is 13.0 Å². The van der Waals surface area contributed by atoms with E-state index in [1.807, 2.05) is 0 Å². The van der Waals surface area contributed by atoms with Gasteiger partial charge in [-0.1, -0.05) is 6.07 Å². The summed E-state index contributed by atoms with van der Waals surface area (Å²) < 4.78 is 4.75. The SMILES string of the molecule is CCOC(=O)C(N)Cc1ccc(O)c(O)c1. The van der Waals surface area contributed by atoms with Gasteiger partial charge in [0.25, 0.3) is 0 Å². The molecule has 4 N–H and O–H groups in total. The lowest BCUT2D eigenvalue weighted by Gasteiger charge is -2.10. The van der Waals surface area contributed by atoms with Crippen molar-refractivity contribution in [1.29, 1.82) is 0 Å².